The van der Waals surface area contributed by atoms with Gasteiger partial charge in [0, 0.05) is 11.6 Å². The van der Waals surface area contributed by atoms with Crippen molar-refractivity contribution in [1.82, 2.24) is 5.32 Å². The third-order valence-corrected chi connectivity index (χ3v) is 3.12. The first-order valence-electron chi connectivity index (χ1n) is 5.94. The fourth-order valence-corrected chi connectivity index (χ4v) is 1.99. The molecule has 0 heterocycles. The Morgan fingerprint density at radius 3 is 2.67 bits per heavy atom. The molecule has 2 aromatic carbocycles. The summed E-state index contributed by atoms with van der Waals surface area (Å²) in [7, 11) is 0. The minimum absolute atomic E-state index is 0.182. The summed E-state index contributed by atoms with van der Waals surface area (Å²) in [5.74, 6) is -0.182. The fraction of sp³-hybridized carbons (Fsp3) is 0.200. The summed E-state index contributed by atoms with van der Waals surface area (Å²) in [6.45, 7) is 1.53. The molecule has 0 saturated carbocycles. The molecule has 94 valence electrons. The van der Waals surface area contributed by atoms with Crippen LogP contribution in [0.1, 0.15) is 11.1 Å². The summed E-state index contributed by atoms with van der Waals surface area (Å²) < 4.78 is 13.0. The normalized spacial score (nSPS) is 10.6. The van der Waals surface area contributed by atoms with Gasteiger partial charge in [-0.3, -0.25) is 0 Å². The Bertz CT molecular complexity index is 513. The predicted molar refractivity (Wildman–Crippen MR) is 73.3 cm³/mol. The second kappa shape index (κ2) is 6.53. The van der Waals surface area contributed by atoms with E-state index in [1.54, 1.807) is 12.1 Å². The van der Waals surface area contributed by atoms with Crippen molar-refractivity contribution in [2.45, 2.75) is 13.0 Å². The lowest BCUT2D eigenvalue weighted by Gasteiger charge is -2.06. The van der Waals surface area contributed by atoms with E-state index >= 15 is 0 Å². The summed E-state index contributed by atoms with van der Waals surface area (Å²) in [4.78, 5) is 0. The molecule has 0 bridgehead atoms. The Labute approximate surface area is 112 Å². The van der Waals surface area contributed by atoms with Crippen molar-refractivity contribution in [2.75, 3.05) is 6.54 Å². The highest BCUT2D eigenvalue weighted by molar-refractivity contribution is 6.31. The predicted octanol–water partition coefficient (Wildman–Crippen LogP) is 3.81. The molecule has 0 aliphatic carbocycles. The Balaban J connectivity index is 1.78. The molecule has 0 unspecified atom stereocenters. The minimum atomic E-state index is -0.182. The molecule has 0 fully saturated rings. The van der Waals surface area contributed by atoms with E-state index < -0.39 is 0 Å². The molecular weight excluding hydrogens is 249 g/mol. The van der Waals surface area contributed by atoms with Crippen molar-refractivity contribution in [2.24, 2.45) is 0 Å². The van der Waals surface area contributed by atoms with E-state index in [0.717, 1.165) is 35.7 Å². The average Bonchev–Trinajstić information content (AvgIpc) is 2.37. The van der Waals surface area contributed by atoms with Crippen LogP contribution in [-0.2, 0) is 13.0 Å². The van der Waals surface area contributed by atoms with Crippen molar-refractivity contribution in [3.05, 3.63) is 70.5 Å². The maximum absolute atomic E-state index is 13.0. The first-order chi connectivity index (χ1) is 8.75. The lowest BCUT2D eigenvalue weighted by atomic mass is 10.1. The quantitative estimate of drug-likeness (QED) is 0.809. The van der Waals surface area contributed by atoms with Crippen LogP contribution in [0.25, 0.3) is 0 Å². The van der Waals surface area contributed by atoms with E-state index in [0.29, 0.717) is 0 Å². The molecule has 3 heteroatoms. The first-order valence-corrected chi connectivity index (χ1v) is 6.32. The molecule has 0 aliphatic rings. The molecule has 2 aromatic rings. The number of halogens is 2. The molecule has 0 saturated heterocycles. The van der Waals surface area contributed by atoms with Gasteiger partial charge < -0.3 is 5.32 Å². The number of benzene rings is 2. The molecule has 0 radical (unpaired) electrons. The van der Waals surface area contributed by atoms with E-state index in [2.05, 4.69) is 5.32 Å². The zero-order valence-electron chi connectivity index (χ0n) is 10.00. The summed E-state index contributed by atoms with van der Waals surface area (Å²) in [5.41, 5.74) is 2.08. The maximum Gasteiger partial charge on any atom is 0.123 e. The van der Waals surface area contributed by atoms with Crippen LogP contribution in [-0.4, -0.2) is 6.54 Å². The van der Waals surface area contributed by atoms with Gasteiger partial charge in [-0.15, -0.1) is 0 Å². The Hall–Kier alpha value is -1.38. The van der Waals surface area contributed by atoms with Crippen LogP contribution >= 0.6 is 11.6 Å². The highest BCUT2D eigenvalue weighted by Gasteiger charge is 1.99. The van der Waals surface area contributed by atoms with Gasteiger partial charge in [0.2, 0.25) is 0 Å². The Morgan fingerprint density at radius 2 is 1.89 bits per heavy atom. The number of nitrogens with one attached hydrogen (secondary N) is 1. The van der Waals surface area contributed by atoms with Crippen molar-refractivity contribution in [3.8, 4) is 0 Å². The lowest BCUT2D eigenvalue weighted by molar-refractivity contribution is 0.622. The topological polar surface area (TPSA) is 12.0 Å². The summed E-state index contributed by atoms with van der Waals surface area (Å²) in [5, 5.41) is 4.08. The summed E-state index contributed by atoms with van der Waals surface area (Å²) in [6, 6.07) is 14.5. The molecule has 0 spiro atoms. The van der Waals surface area contributed by atoms with Gasteiger partial charge in [-0.2, -0.15) is 0 Å². The zero-order valence-corrected chi connectivity index (χ0v) is 10.8. The molecule has 0 amide bonds. The molecule has 1 nitrogen and oxygen atoms in total. The number of hydrogen-bond donors (Lipinski definition) is 1. The van der Waals surface area contributed by atoms with Gasteiger partial charge in [0.05, 0.1) is 0 Å². The molecule has 1 N–H and O–H groups in total. The standard InChI is InChI=1S/C15H15ClFN/c16-15-7-2-1-5-13(15)11-18-9-8-12-4-3-6-14(17)10-12/h1-7,10,18H,8-9,11H2. The van der Waals surface area contributed by atoms with E-state index in [1.807, 2.05) is 30.3 Å². The van der Waals surface area contributed by atoms with E-state index in [-0.39, 0.29) is 5.82 Å². The van der Waals surface area contributed by atoms with E-state index in [1.165, 1.54) is 6.07 Å². The van der Waals surface area contributed by atoms with Crippen LogP contribution in [0.3, 0.4) is 0 Å². The third kappa shape index (κ3) is 3.83. The highest BCUT2D eigenvalue weighted by Crippen LogP contribution is 2.14. The van der Waals surface area contributed by atoms with Crippen LogP contribution in [0.15, 0.2) is 48.5 Å². The van der Waals surface area contributed by atoms with Crippen LogP contribution in [0.5, 0.6) is 0 Å². The second-order valence-electron chi connectivity index (χ2n) is 4.15. The van der Waals surface area contributed by atoms with Crippen molar-refractivity contribution in [1.29, 1.82) is 0 Å². The zero-order chi connectivity index (χ0) is 12.8. The van der Waals surface area contributed by atoms with Gasteiger partial charge in [0.15, 0.2) is 0 Å². The van der Waals surface area contributed by atoms with Gasteiger partial charge in [-0.05, 0) is 42.3 Å². The smallest absolute Gasteiger partial charge is 0.123 e. The average molecular weight is 264 g/mol. The maximum atomic E-state index is 13.0. The van der Waals surface area contributed by atoms with E-state index in [9.17, 15) is 4.39 Å². The fourth-order valence-electron chi connectivity index (χ4n) is 1.79. The molecule has 18 heavy (non-hydrogen) atoms. The van der Waals surface area contributed by atoms with E-state index in [4.69, 9.17) is 11.6 Å². The highest BCUT2D eigenvalue weighted by atomic mass is 35.5. The molecule has 0 aromatic heterocycles. The van der Waals surface area contributed by atoms with Gasteiger partial charge >= 0.3 is 0 Å². The van der Waals surface area contributed by atoms with Crippen molar-refractivity contribution in [3.63, 3.8) is 0 Å². The van der Waals surface area contributed by atoms with Crippen LogP contribution in [0, 0.1) is 5.82 Å². The van der Waals surface area contributed by atoms with Crippen LogP contribution in [0.2, 0.25) is 5.02 Å². The minimum Gasteiger partial charge on any atom is -0.312 e. The van der Waals surface area contributed by atoms with Crippen molar-refractivity contribution < 1.29 is 4.39 Å². The van der Waals surface area contributed by atoms with Gasteiger partial charge in [-0.25, -0.2) is 4.39 Å². The molecular formula is C15H15ClFN. The van der Waals surface area contributed by atoms with Crippen LogP contribution < -0.4 is 5.32 Å². The Morgan fingerprint density at radius 1 is 1.06 bits per heavy atom. The first kappa shape index (κ1) is 13.1. The van der Waals surface area contributed by atoms with Gasteiger partial charge in [0.1, 0.15) is 5.82 Å². The lowest BCUT2D eigenvalue weighted by Crippen LogP contribution is -2.16. The third-order valence-electron chi connectivity index (χ3n) is 2.75. The molecule has 0 aliphatic heterocycles. The number of rotatable bonds is 5. The second-order valence-corrected chi connectivity index (χ2v) is 4.56. The Kier molecular flexibility index (Phi) is 4.73. The largest absolute Gasteiger partial charge is 0.312 e. The summed E-state index contributed by atoms with van der Waals surface area (Å²) >= 11 is 6.05. The molecule has 2 rings (SSSR count). The molecule has 0 atom stereocenters. The summed E-state index contributed by atoms with van der Waals surface area (Å²) in [6.07, 6.45) is 0.808. The SMILES string of the molecule is Fc1cccc(CCNCc2ccccc2Cl)c1. The van der Waals surface area contributed by atoms with Crippen molar-refractivity contribution >= 4 is 11.6 Å². The number of hydrogen-bond acceptors (Lipinski definition) is 1. The van der Waals surface area contributed by atoms with Gasteiger partial charge in [-0.1, -0.05) is 41.9 Å². The van der Waals surface area contributed by atoms with Gasteiger partial charge in [0.25, 0.3) is 0 Å². The monoisotopic (exact) mass is 263 g/mol. The van der Waals surface area contributed by atoms with Crippen LogP contribution in [0.4, 0.5) is 4.39 Å².